The molecule has 2 aromatic rings. The lowest BCUT2D eigenvalue weighted by Gasteiger charge is -2.34. The Balaban J connectivity index is 1.39. The van der Waals surface area contributed by atoms with Gasteiger partial charge in [0, 0.05) is 44.8 Å². The maximum Gasteiger partial charge on any atom is 0.251 e. The maximum atomic E-state index is 12.6. The molecule has 2 aromatic carbocycles. The van der Waals surface area contributed by atoms with Gasteiger partial charge in [-0.1, -0.05) is 30.3 Å². The number of hydrogen-bond donors (Lipinski definition) is 1. The van der Waals surface area contributed by atoms with Crippen LogP contribution in [0.2, 0.25) is 0 Å². The fourth-order valence-corrected chi connectivity index (χ4v) is 4.89. The van der Waals surface area contributed by atoms with Gasteiger partial charge in [0.05, 0.1) is 12.4 Å². The number of amides is 1. The Bertz CT molecular complexity index is 925. The molecule has 8 heteroatoms. The number of rotatable bonds is 10. The molecule has 1 fully saturated rings. The minimum atomic E-state index is -3.39. The van der Waals surface area contributed by atoms with Crippen LogP contribution in [0.5, 0.6) is 5.75 Å². The van der Waals surface area contributed by atoms with Gasteiger partial charge in [0.15, 0.2) is 0 Å². The zero-order valence-electron chi connectivity index (χ0n) is 18.0. The van der Waals surface area contributed by atoms with E-state index in [1.165, 1.54) is 9.87 Å². The van der Waals surface area contributed by atoms with Crippen molar-refractivity contribution in [3.8, 4) is 5.75 Å². The van der Waals surface area contributed by atoms with E-state index in [1.54, 1.807) is 24.3 Å². The van der Waals surface area contributed by atoms with Crippen molar-refractivity contribution < 1.29 is 17.9 Å². The van der Waals surface area contributed by atoms with Gasteiger partial charge in [-0.25, -0.2) is 8.42 Å². The smallest absolute Gasteiger partial charge is 0.251 e. The summed E-state index contributed by atoms with van der Waals surface area (Å²) in [6.07, 6.45) is 0.963. The molecule has 168 valence electrons. The second-order valence-corrected chi connectivity index (χ2v) is 9.59. The van der Waals surface area contributed by atoms with Crippen molar-refractivity contribution in [1.29, 1.82) is 0 Å². The van der Waals surface area contributed by atoms with E-state index in [1.807, 2.05) is 25.1 Å². The van der Waals surface area contributed by atoms with E-state index < -0.39 is 10.0 Å². The summed E-state index contributed by atoms with van der Waals surface area (Å²) in [5, 5.41) is 2.70. The van der Waals surface area contributed by atoms with Gasteiger partial charge in [-0.15, -0.1) is 0 Å². The molecule has 0 aliphatic carbocycles. The lowest BCUT2D eigenvalue weighted by molar-refractivity contribution is 0.0956. The highest BCUT2D eigenvalue weighted by Gasteiger charge is 2.26. The summed E-state index contributed by atoms with van der Waals surface area (Å²) in [6.45, 7) is 5.90. The van der Waals surface area contributed by atoms with E-state index in [4.69, 9.17) is 4.74 Å². The van der Waals surface area contributed by atoms with Crippen molar-refractivity contribution in [1.82, 2.24) is 14.5 Å². The SMILES string of the molecule is CCOc1ccc(C(=O)NCCS(=O)(=O)N2CCN(CCc3ccccc3)CC2)cc1. The highest BCUT2D eigenvalue weighted by atomic mass is 32.2. The normalized spacial score (nSPS) is 15.5. The second-order valence-electron chi connectivity index (χ2n) is 7.51. The Morgan fingerprint density at radius 2 is 1.68 bits per heavy atom. The molecule has 0 aromatic heterocycles. The number of hydrogen-bond acceptors (Lipinski definition) is 5. The molecule has 1 N–H and O–H groups in total. The lowest BCUT2D eigenvalue weighted by Crippen LogP contribution is -2.50. The summed E-state index contributed by atoms with van der Waals surface area (Å²) in [7, 11) is -3.39. The van der Waals surface area contributed by atoms with Gasteiger partial charge in [0.2, 0.25) is 10.0 Å². The van der Waals surface area contributed by atoms with E-state index in [-0.39, 0.29) is 18.2 Å². The number of piperazine rings is 1. The molecule has 0 atom stereocenters. The van der Waals surface area contributed by atoms with Crippen LogP contribution < -0.4 is 10.1 Å². The lowest BCUT2D eigenvalue weighted by atomic mass is 10.1. The third kappa shape index (κ3) is 7.05. The standard InChI is InChI=1S/C23H31N3O4S/c1-2-30-22-10-8-21(9-11-22)23(27)24-13-19-31(28,29)26-17-15-25(16-18-26)14-12-20-6-4-3-5-7-20/h3-11H,2,12-19H2,1H3,(H,24,27). The molecular formula is C23H31N3O4S. The molecule has 1 heterocycles. The monoisotopic (exact) mass is 445 g/mol. The molecule has 0 radical (unpaired) electrons. The van der Waals surface area contributed by atoms with E-state index >= 15 is 0 Å². The van der Waals surface area contributed by atoms with Gasteiger partial charge in [-0.3, -0.25) is 4.79 Å². The number of sulfonamides is 1. The Labute approximate surface area is 185 Å². The quantitative estimate of drug-likeness (QED) is 0.605. The third-order valence-electron chi connectivity index (χ3n) is 5.36. The zero-order chi connectivity index (χ0) is 22.1. The molecule has 1 aliphatic rings. The number of carbonyl (C=O) groups is 1. The van der Waals surface area contributed by atoms with Crippen LogP contribution in [0.25, 0.3) is 0 Å². The molecule has 1 saturated heterocycles. The predicted octanol–water partition coefficient (Wildman–Crippen LogP) is 2.01. The first-order valence-electron chi connectivity index (χ1n) is 10.7. The largest absolute Gasteiger partial charge is 0.494 e. The molecule has 0 bridgehead atoms. The van der Waals surface area contributed by atoms with Crippen LogP contribution >= 0.6 is 0 Å². The summed E-state index contributed by atoms with van der Waals surface area (Å²) < 4.78 is 32.2. The van der Waals surface area contributed by atoms with Crippen molar-refractivity contribution in [2.45, 2.75) is 13.3 Å². The van der Waals surface area contributed by atoms with Crippen LogP contribution in [0, 0.1) is 0 Å². The summed E-state index contributed by atoms with van der Waals surface area (Å²) >= 11 is 0. The van der Waals surface area contributed by atoms with Gasteiger partial charge in [0.1, 0.15) is 5.75 Å². The van der Waals surface area contributed by atoms with Crippen LogP contribution in [-0.4, -0.2) is 75.2 Å². The van der Waals surface area contributed by atoms with E-state index in [0.29, 0.717) is 31.0 Å². The molecule has 3 rings (SSSR count). The maximum absolute atomic E-state index is 12.6. The first kappa shape index (κ1) is 23.2. The number of nitrogens with one attached hydrogen (secondary N) is 1. The fraction of sp³-hybridized carbons (Fsp3) is 0.435. The van der Waals surface area contributed by atoms with Gasteiger partial charge in [-0.05, 0) is 43.2 Å². The van der Waals surface area contributed by atoms with Gasteiger partial charge in [-0.2, -0.15) is 4.31 Å². The third-order valence-corrected chi connectivity index (χ3v) is 7.23. The summed E-state index contributed by atoms with van der Waals surface area (Å²) in [5.74, 6) is 0.313. The minimum absolute atomic E-state index is 0.0859. The van der Waals surface area contributed by atoms with Crippen LogP contribution in [-0.2, 0) is 16.4 Å². The van der Waals surface area contributed by atoms with Crippen LogP contribution in [0.1, 0.15) is 22.8 Å². The number of carbonyl (C=O) groups excluding carboxylic acids is 1. The summed E-state index contributed by atoms with van der Waals surface area (Å²) in [6, 6.07) is 17.1. The number of nitrogens with zero attached hydrogens (tertiary/aromatic N) is 2. The molecule has 0 unspecified atom stereocenters. The molecule has 1 aliphatic heterocycles. The molecule has 7 nitrogen and oxygen atoms in total. The molecule has 1 amide bonds. The number of benzene rings is 2. The highest BCUT2D eigenvalue weighted by molar-refractivity contribution is 7.89. The van der Waals surface area contributed by atoms with Gasteiger partial charge < -0.3 is 15.0 Å². The Morgan fingerprint density at radius 1 is 1.00 bits per heavy atom. The Hall–Kier alpha value is -2.42. The van der Waals surface area contributed by atoms with E-state index in [2.05, 4.69) is 22.3 Å². The van der Waals surface area contributed by atoms with Crippen LogP contribution in [0.3, 0.4) is 0 Å². The first-order valence-corrected chi connectivity index (χ1v) is 12.3. The summed E-state index contributed by atoms with van der Waals surface area (Å²) in [4.78, 5) is 14.5. The molecular weight excluding hydrogens is 414 g/mol. The average molecular weight is 446 g/mol. The van der Waals surface area contributed by atoms with Crippen molar-refractivity contribution >= 4 is 15.9 Å². The zero-order valence-corrected chi connectivity index (χ0v) is 18.8. The minimum Gasteiger partial charge on any atom is -0.494 e. The molecule has 0 saturated carbocycles. The van der Waals surface area contributed by atoms with Crippen molar-refractivity contribution in [2.24, 2.45) is 0 Å². The van der Waals surface area contributed by atoms with Gasteiger partial charge >= 0.3 is 0 Å². The van der Waals surface area contributed by atoms with Crippen LogP contribution in [0.4, 0.5) is 0 Å². The number of ether oxygens (including phenoxy) is 1. The molecule has 31 heavy (non-hydrogen) atoms. The highest BCUT2D eigenvalue weighted by Crippen LogP contribution is 2.12. The predicted molar refractivity (Wildman–Crippen MR) is 122 cm³/mol. The first-order chi connectivity index (χ1) is 15.0. The van der Waals surface area contributed by atoms with E-state index in [0.717, 1.165) is 26.1 Å². The topological polar surface area (TPSA) is 78.9 Å². The average Bonchev–Trinajstić information content (AvgIpc) is 2.79. The fourth-order valence-electron chi connectivity index (χ4n) is 3.56. The Kier molecular flexibility index (Phi) is 8.45. The van der Waals surface area contributed by atoms with E-state index in [9.17, 15) is 13.2 Å². The van der Waals surface area contributed by atoms with Gasteiger partial charge in [0.25, 0.3) is 5.91 Å². The van der Waals surface area contributed by atoms with Crippen molar-refractivity contribution in [2.75, 3.05) is 51.6 Å². The summed E-state index contributed by atoms with van der Waals surface area (Å²) in [5.41, 5.74) is 1.77. The second kappa shape index (κ2) is 11.3. The van der Waals surface area contributed by atoms with Crippen LogP contribution in [0.15, 0.2) is 54.6 Å². The van der Waals surface area contributed by atoms with Crippen molar-refractivity contribution in [3.05, 3.63) is 65.7 Å². The Morgan fingerprint density at radius 3 is 2.32 bits per heavy atom. The van der Waals surface area contributed by atoms with Crippen molar-refractivity contribution in [3.63, 3.8) is 0 Å². The molecule has 0 spiro atoms.